The van der Waals surface area contributed by atoms with Crippen LogP contribution in [-0.2, 0) is 9.84 Å². The lowest BCUT2D eigenvalue weighted by Crippen LogP contribution is -2.23. The van der Waals surface area contributed by atoms with E-state index in [2.05, 4.69) is 0 Å². The number of hydrogen-bond acceptors (Lipinski definition) is 2. The highest BCUT2D eigenvalue weighted by atomic mass is 35.5. The Bertz CT molecular complexity index is 185. The van der Waals surface area contributed by atoms with Crippen molar-refractivity contribution in [3.8, 4) is 0 Å². The monoisotopic (exact) mass is 168 g/mol. The van der Waals surface area contributed by atoms with Crippen molar-refractivity contribution >= 4 is 21.4 Å². The van der Waals surface area contributed by atoms with E-state index in [4.69, 9.17) is 11.6 Å². The smallest absolute Gasteiger partial charge is 0.167 e. The normalized spacial score (nSPS) is 34.1. The number of rotatable bonds is 0. The van der Waals surface area contributed by atoms with Crippen molar-refractivity contribution in [2.75, 3.05) is 5.75 Å². The van der Waals surface area contributed by atoms with Gasteiger partial charge < -0.3 is 0 Å². The number of alkyl halides is 1. The van der Waals surface area contributed by atoms with Gasteiger partial charge in [-0.05, 0) is 19.3 Å². The molecule has 0 aromatic heterocycles. The van der Waals surface area contributed by atoms with E-state index < -0.39 is 14.5 Å². The van der Waals surface area contributed by atoms with Crippen LogP contribution in [0.5, 0.6) is 0 Å². The predicted molar refractivity (Wildman–Crippen MR) is 37.3 cm³/mol. The molecule has 0 saturated carbocycles. The van der Waals surface area contributed by atoms with Gasteiger partial charge in [0, 0.05) is 0 Å². The molecule has 1 rings (SSSR count). The van der Waals surface area contributed by atoms with Crippen LogP contribution in [0.4, 0.5) is 0 Å². The summed E-state index contributed by atoms with van der Waals surface area (Å²) in [6, 6.07) is 0. The Kier molecular flexibility index (Phi) is 2.01. The van der Waals surface area contributed by atoms with E-state index in [1.807, 2.05) is 0 Å². The van der Waals surface area contributed by atoms with Gasteiger partial charge in [-0.2, -0.15) is 0 Å². The fraction of sp³-hybridized carbons (Fsp3) is 1.00. The third-order valence-corrected chi connectivity index (χ3v) is 4.40. The van der Waals surface area contributed by atoms with Crippen LogP contribution in [0.15, 0.2) is 0 Å². The van der Waals surface area contributed by atoms with Crippen LogP contribution in [0.25, 0.3) is 0 Å². The average molecular weight is 169 g/mol. The molecule has 1 aliphatic rings. The van der Waals surface area contributed by atoms with E-state index in [-0.39, 0.29) is 5.75 Å². The average Bonchev–Trinajstić information content (AvgIpc) is 1.77. The van der Waals surface area contributed by atoms with Crippen LogP contribution in [0.2, 0.25) is 0 Å². The molecule has 0 N–H and O–H groups in total. The maximum atomic E-state index is 10.8. The van der Waals surface area contributed by atoms with Crippen molar-refractivity contribution < 1.29 is 8.42 Å². The number of hydrogen-bond donors (Lipinski definition) is 0. The highest BCUT2D eigenvalue weighted by molar-refractivity contribution is 7.93. The van der Waals surface area contributed by atoms with Gasteiger partial charge in [0.1, 0.15) is 4.71 Å². The number of halogens is 1. The minimum absolute atomic E-state index is 0.279. The Morgan fingerprint density at radius 1 is 1.33 bits per heavy atom. The van der Waals surface area contributed by atoms with E-state index in [1.165, 1.54) is 0 Å². The Labute approximate surface area is 60.1 Å². The maximum Gasteiger partial charge on any atom is 0.167 e. The second kappa shape index (κ2) is 2.46. The summed E-state index contributed by atoms with van der Waals surface area (Å²) in [4.78, 5) is 0. The van der Waals surface area contributed by atoms with Gasteiger partial charge in [-0.15, -0.1) is 11.6 Å². The number of sulfone groups is 1. The van der Waals surface area contributed by atoms with Crippen molar-refractivity contribution in [3.05, 3.63) is 0 Å². The van der Waals surface area contributed by atoms with Crippen molar-refractivity contribution in [2.24, 2.45) is 0 Å². The first-order valence-electron chi connectivity index (χ1n) is 2.98. The largest absolute Gasteiger partial charge is 0.227 e. The second-order valence-electron chi connectivity index (χ2n) is 2.27. The second-order valence-corrected chi connectivity index (χ2v) is 5.36. The van der Waals surface area contributed by atoms with Gasteiger partial charge in [0.2, 0.25) is 0 Å². The molecule has 0 bridgehead atoms. The van der Waals surface area contributed by atoms with Gasteiger partial charge in [0.25, 0.3) is 0 Å². The molecule has 0 radical (unpaired) electrons. The maximum absolute atomic E-state index is 10.8. The molecule has 1 heterocycles. The van der Waals surface area contributed by atoms with Crippen molar-refractivity contribution in [3.63, 3.8) is 0 Å². The SMILES string of the molecule is O=S1(=O)CCCC[C@@H]1Cl. The Morgan fingerprint density at radius 3 is 2.33 bits per heavy atom. The van der Waals surface area contributed by atoms with Crippen LogP contribution in [-0.4, -0.2) is 18.9 Å². The van der Waals surface area contributed by atoms with E-state index in [1.54, 1.807) is 0 Å². The molecule has 0 aromatic rings. The molecule has 0 amide bonds. The minimum Gasteiger partial charge on any atom is -0.227 e. The van der Waals surface area contributed by atoms with Crippen LogP contribution in [0.1, 0.15) is 19.3 Å². The van der Waals surface area contributed by atoms with Crippen LogP contribution < -0.4 is 0 Å². The van der Waals surface area contributed by atoms with Crippen molar-refractivity contribution in [2.45, 2.75) is 24.0 Å². The molecular weight excluding hydrogens is 160 g/mol. The summed E-state index contributed by atoms with van der Waals surface area (Å²) in [6.45, 7) is 0. The lowest BCUT2D eigenvalue weighted by molar-refractivity contribution is 0.567. The first-order valence-corrected chi connectivity index (χ1v) is 5.14. The third-order valence-electron chi connectivity index (χ3n) is 1.50. The Balaban J connectivity index is 2.72. The summed E-state index contributed by atoms with van der Waals surface area (Å²) < 4.78 is 21.1. The summed E-state index contributed by atoms with van der Waals surface area (Å²) in [5, 5.41) is 0. The van der Waals surface area contributed by atoms with Crippen LogP contribution >= 0.6 is 11.6 Å². The molecule has 0 aliphatic carbocycles. The molecule has 0 aromatic carbocycles. The van der Waals surface area contributed by atoms with E-state index >= 15 is 0 Å². The highest BCUT2D eigenvalue weighted by Crippen LogP contribution is 2.21. The summed E-state index contributed by atoms with van der Waals surface area (Å²) in [5.41, 5.74) is 0. The third kappa shape index (κ3) is 1.58. The minimum atomic E-state index is -2.90. The molecule has 9 heavy (non-hydrogen) atoms. The molecule has 4 heteroatoms. The van der Waals surface area contributed by atoms with Crippen LogP contribution in [0, 0.1) is 0 Å². The molecular formula is C5H9ClO2S. The molecule has 2 nitrogen and oxygen atoms in total. The zero-order valence-electron chi connectivity index (χ0n) is 5.01. The molecule has 54 valence electrons. The van der Waals surface area contributed by atoms with Gasteiger partial charge in [0.15, 0.2) is 9.84 Å². The highest BCUT2D eigenvalue weighted by Gasteiger charge is 2.25. The van der Waals surface area contributed by atoms with Gasteiger partial charge >= 0.3 is 0 Å². The standard InChI is InChI=1S/C5H9ClO2S/c6-5-3-1-2-4-9(5,7)8/h5H,1-4H2/t5-/m1/s1. The molecule has 1 aliphatic heterocycles. The van der Waals surface area contributed by atoms with E-state index in [0.29, 0.717) is 6.42 Å². The Hall–Kier alpha value is 0.240. The zero-order chi connectivity index (χ0) is 6.91. The van der Waals surface area contributed by atoms with Crippen molar-refractivity contribution in [1.82, 2.24) is 0 Å². The first kappa shape index (κ1) is 7.35. The summed E-state index contributed by atoms with van der Waals surface area (Å²) >= 11 is 5.52. The topological polar surface area (TPSA) is 34.1 Å². The molecule has 1 saturated heterocycles. The van der Waals surface area contributed by atoms with Crippen molar-refractivity contribution in [1.29, 1.82) is 0 Å². The van der Waals surface area contributed by atoms with E-state index in [0.717, 1.165) is 12.8 Å². The quantitative estimate of drug-likeness (QED) is 0.509. The molecule has 1 fully saturated rings. The van der Waals surface area contributed by atoms with Gasteiger partial charge in [-0.25, -0.2) is 8.42 Å². The fourth-order valence-electron chi connectivity index (χ4n) is 0.916. The van der Waals surface area contributed by atoms with Gasteiger partial charge in [0.05, 0.1) is 5.75 Å². The van der Waals surface area contributed by atoms with Crippen LogP contribution in [0.3, 0.4) is 0 Å². The zero-order valence-corrected chi connectivity index (χ0v) is 6.58. The Morgan fingerprint density at radius 2 is 2.00 bits per heavy atom. The molecule has 1 atom stereocenters. The summed E-state index contributed by atoms with van der Waals surface area (Å²) in [7, 11) is -2.90. The predicted octanol–water partition coefficient (Wildman–Crippen LogP) is 1.15. The molecule has 0 unspecified atom stereocenters. The summed E-state index contributed by atoms with van der Waals surface area (Å²) in [6.07, 6.45) is 2.36. The summed E-state index contributed by atoms with van der Waals surface area (Å²) in [5.74, 6) is 0.279. The van der Waals surface area contributed by atoms with E-state index in [9.17, 15) is 8.42 Å². The lowest BCUT2D eigenvalue weighted by Gasteiger charge is -2.15. The fourth-order valence-corrected chi connectivity index (χ4v) is 2.73. The molecule has 0 spiro atoms. The van der Waals surface area contributed by atoms with Gasteiger partial charge in [-0.1, -0.05) is 0 Å². The first-order chi connectivity index (χ1) is 4.13. The lowest BCUT2D eigenvalue weighted by atomic mass is 10.3. The van der Waals surface area contributed by atoms with Gasteiger partial charge in [-0.3, -0.25) is 0 Å².